The number of hydrogen-bond donors (Lipinski definition) is 2. The fourth-order valence-corrected chi connectivity index (χ4v) is 1.29. The topological polar surface area (TPSA) is 49.3 Å². The van der Waals surface area contributed by atoms with Crippen molar-refractivity contribution in [3.05, 3.63) is 0 Å². The Morgan fingerprint density at radius 3 is 2.53 bits per heavy atom. The molecule has 0 radical (unpaired) electrons. The Balaban J connectivity index is 3.98. The molecule has 0 heterocycles. The van der Waals surface area contributed by atoms with Gasteiger partial charge in [0, 0.05) is 19.0 Å². The molecule has 2 N–H and O–H groups in total. The van der Waals surface area contributed by atoms with Crippen LogP contribution in [0.4, 0.5) is 0 Å². The zero-order valence-corrected chi connectivity index (χ0v) is 10.6. The zero-order chi connectivity index (χ0) is 11.9. The first kappa shape index (κ1) is 14.7. The minimum absolute atomic E-state index is 0.0195. The molecule has 0 fully saturated rings. The van der Waals surface area contributed by atoms with E-state index in [9.17, 15) is 4.79 Å². The molecule has 1 unspecified atom stereocenters. The third-order valence-electron chi connectivity index (χ3n) is 2.61. The number of halogens is 1. The summed E-state index contributed by atoms with van der Waals surface area (Å²) in [6.07, 6.45) is 1.69. The van der Waals surface area contributed by atoms with Gasteiger partial charge in [-0.05, 0) is 26.2 Å². The van der Waals surface area contributed by atoms with Crippen LogP contribution in [0.2, 0.25) is 0 Å². The second-order valence-electron chi connectivity index (χ2n) is 4.51. The van der Waals surface area contributed by atoms with Gasteiger partial charge in [-0.15, -0.1) is 11.6 Å². The summed E-state index contributed by atoms with van der Waals surface area (Å²) in [5, 5.41) is 11.7. The molecule has 0 aliphatic carbocycles. The summed E-state index contributed by atoms with van der Waals surface area (Å²) >= 11 is 5.70. The van der Waals surface area contributed by atoms with Crippen molar-refractivity contribution in [1.82, 2.24) is 5.32 Å². The summed E-state index contributed by atoms with van der Waals surface area (Å²) in [6.45, 7) is 6.49. The Hall–Kier alpha value is -0.280. The summed E-state index contributed by atoms with van der Waals surface area (Å²) in [5.41, 5.74) is -0.515. The normalized spacial score (nSPS) is 13.7. The predicted octanol–water partition coefficient (Wildman–Crippen LogP) is 1.78. The predicted molar refractivity (Wildman–Crippen MR) is 63.0 cm³/mol. The molecule has 0 saturated heterocycles. The Bertz CT molecular complexity index is 195. The first-order valence-corrected chi connectivity index (χ1v) is 5.96. The van der Waals surface area contributed by atoms with Crippen molar-refractivity contribution < 1.29 is 9.90 Å². The van der Waals surface area contributed by atoms with Crippen LogP contribution in [0.1, 0.15) is 33.6 Å². The zero-order valence-electron chi connectivity index (χ0n) is 9.85. The van der Waals surface area contributed by atoms with E-state index in [1.165, 1.54) is 0 Å². The van der Waals surface area contributed by atoms with E-state index < -0.39 is 5.41 Å². The number of carbonyl (C=O) groups excluding carboxylic acids is 1. The molecular weight excluding hydrogens is 214 g/mol. The maximum atomic E-state index is 11.7. The number of carbonyl (C=O) groups is 1. The number of aliphatic hydroxyl groups is 1. The molecule has 90 valence electrons. The lowest BCUT2D eigenvalue weighted by Crippen LogP contribution is -2.40. The lowest BCUT2D eigenvalue weighted by atomic mass is 9.94. The number of alkyl halides is 1. The van der Waals surface area contributed by atoms with Crippen molar-refractivity contribution >= 4 is 17.5 Å². The van der Waals surface area contributed by atoms with E-state index in [1.54, 1.807) is 0 Å². The van der Waals surface area contributed by atoms with Gasteiger partial charge in [0.05, 0.1) is 5.41 Å². The molecule has 0 saturated carbocycles. The molecule has 1 amide bonds. The average molecular weight is 236 g/mol. The lowest BCUT2D eigenvalue weighted by Gasteiger charge is -2.22. The molecule has 1 atom stereocenters. The lowest BCUT2D eigenvalue weighted by molar-refractivity contribution is -0.128. The van der Waals surface area contributed by atoms with Gasteiger partial charge >= 0.3 is 0 Å². The van der Waals surface area contributed by atoms with Gasteiger partial charge in [0.1, 0.15) is 0 Å². The highest BCUT2D eigenvalue weighted by molar-refractivity contribution is 6.19. The van der Waals surface area contributed by atoms with E-state index in [4.69, 9.17) is 16.7 Å². The van der Waals surface area contributed by atoms with Crippen molar-refractivity contribution in [3.8, 4) is 0 Å². The molecule has 0 aromatic rings. The summed E-state index contributed by atoms with van der Waals surface area (Å²) in [6, 6.07) is 0. The third-order valence-corrected chi connectivity index (χ3v) is 3.28. The largest absolute Gasteiger partial charge is 0.396 e. The van der Waals surface area contributed by atoms with E-state index in [2.05, 4.69) is 12.2 Å². The molecule has 15 heavy (non-hydrogen) atoms. The molecule has 0 spiro atoms. The average Bonchev–Trinajstić information content (AvgIpc) is 2.23. The summed E-state index contributed by atoms with van der Waals surface area (Å²) in [4.78, 5) is 11.7. The van der Waals surface area contributed by atoms with Crippen molar-refractivity contribution in [2.24, 2.45) is 11.3 Å². The first-order chi connectivity index (χ1) is 6.97. The van der Waals surface area contributed by atoms with Crippen LogP contribution in [0.5, 0.6) is 0 Å². The summed E-state index contributed by atoms with van der Waals surface area (Å²) in [5.74, 6) is 0.647. The molecule has 0 aromatic heterocycles. The van der Waals surface area contributed by atoms with Crippen LogP contribution in [0.3, 0.4) is 0 Å². The van der Waals surface area contributed by atoms with E-state index in [1.807, 2.05) is 13.8 Å². The third kappa shape index (κ3) is 5.38. The van der Waals surface area contributed by atoms with Crippen LogP contribution in [0.25, 0.3) is 0 Å². The second-order valence-corrected chi connectivity index (χ2v) is 4.78. The minimum Gasteiger partial charge on any atom is -0.396 e. The molecule has 4 heteroatoms. The number of rotatable bonds is 7. The van der Waals surface area contributed by atoms with Crippen LogP contribution < -0.4 is 5.32 Å². The maximum Gasteiger partial charge on any atom is 0.226 e. The van der Waals surface area contributed by atoms with E-state index in [-0.39, 0.29) is 12.5 Å². The standard InChI is InChI=1S/C11H22ClNO2/c1-4-9(5-6-14)7-13-10(15)11(2,3)8-12/h9,14H,4-8H2,1-3H3,(H,13,15). The van der Waals surface area contributed by atoms with Gasteiger partial charge in [-0.3, -0.25) is 4.79 Å². The smallest absolute Gasteiger partial charge is 0.226 e. The van der Waals surface area contributed by atoms with Crippen LogP contribution in [0.15, 0.2) is 0 Å². The van der Waals surface area contributed by atoms with Gasteiger partial charge in [-0.1, -0.05) is 13.3 Å². The molecule has 0 rings (SSSR count). The first-order valence-electron chi connectivity index (χ1n) is 5.43. The monoisotopic (exact) mass is 235 g/mol. The summed E-state index contributed by atoms with van der Waals surface area (Å²) in [7, 11) is 0. The van der Waals surface area contributed by atoms with Crippen LogP contribution >= 0.6 is 11.6 Å². The summed E-state index contributed by atoms with van der Waals surface area (Å²) < 4.78 is 0. The number of nitrogens with one attached hydrogen (secondary N) is 1. The van der Waals surface area contributed by atoms with E-state index >= 15 is 0 Å². The SMILES string of the molecule is CCC(CCO)CNC(=O)C(C)(C)CCl. The van der Waals surface area contributed by atoms with Gasteiger partial charge in [-0.2, -0.15) is 0 Å². The highest BCUT2D eigenvalue weighted by Gasteiger charge is 2.26. The Kier molecular flexibility index (Phi) is 6.94. The van der Waals surface area contributed by atoms with Crippen molar-refractivity contribution in [3.63, 3.8) is 0 Å². The number of hydrogen-bond acceptors (Lipinski definition) is 2. The fraction of sp³-hybridized carbons (Fsp3) is 0.909. The van der Waals surface area contributed by atoms with Gasteiger partial charge in [0.25, 0.3) is 0 Å². The molecule has 0 aromatic carbocycles. The van der Waals surface area contributed by atoms with Crippen LogP contribution in [-0.4, -0.2) is 30.0 Å². The van der Waals surface area contributed by atoms with Gasteiger partial charge in [0.2, 0.25) is 5.91 Å². The maximum absolute atomic E-state index is 11.7. The Morgan fingerprint density at radius 1 is 1.53 bits per heavy atom. The highest BCUT2D eigenvalue weighted by Crippen LogP contribution is 2.17. The Morgan fingerprint density at radius 2 is 2.13 bits per heavy atom. The Labute approximate surface area is 97.2 Å². The van der Waals surface area contributed by atoms with E-state index in [0.29, 0.717) is 18.3 Å². The van der Waals surface area contributed by atoms with Gasteiger partial charge < -0.3 is 10.4 Å². The van der Waals surface area contributed by atoms with Gasteiger partial charge in [-0.25, -0.2) is 0 Å². The van der Waals surface area contributed by atoms with Gasteiger partial charge in [0.15, 0.2) is 0 Å². The van der Waals surface area contributed by atoms with Crippen LogP contribution in [0, 0.1) is 11.3 Å². The molecular formula is C11H22ClNO2. The second kappa shape index (κ2) is 7.07. The molecule has 3 nitrogen and oxygen atoms in total. The van der Waals surface area contributed by atoms with Crippen molar-refractivity contribution in [2.75, 3.05) is 19.0 Å². The number of amides is 1. The molecule has 0 aliphatic heterocycles. The highest BCUT2D eigenvalue weighted by atomic mass is 35.5. The quantitative estimate of drug-likeness (QED) is 0.661. The fourth-order valence-electron chi connectivity index (χ4n) is 1.17. The van der Waals surface area contributed by atoms with Crippen LogP contribution in [-0.2, 0) is 4.79 Å². The van der Waals surface area contributed by atoms with Crippen molar-refractivity contribution in [1.29, 1.82) is 0 Å². The minimum atomic E-state index is -0.515. The number of aliphatic hydroxyl groups excluding tert-OH is 1. The van der Waals surface area contributed by atoms with E-state index in [0.717, 1.165) is 12.8 Å². The molecule has 0 bridgehead atoms. The molecule has 0 aliphatic rings. The van der Waals surface area contributed by atoms with Crippen molar-refractivity contribution in [2.45, 2.75) is 33.6 Å².